The van der Waals surface area contributed by atoms with Gasteiger partial charge in [-0.25, -0.2) is 0 Å². The van der Waals surface area contributed by atoms with Crippen LogP contribution in [0.15, 0.2) is 24.3 Å². The topological polar surface area (TPSA) is 0 Å². The minimum absolute atomic E-state index is 0. The normalized spacial score (nSPS) is 14.0. The molecule has 0 saturated carbocycles. The molecule has 0 amide bonds. The van der Waals surface area contributed by atoms with Crippen molar-refractivity contribution in [1.29, 1.82) is 0 Å². The maximum absolute atomic E-state index is 2.58. The number of fused-ring (bicyclic) bond motifs is 1. The molecule has 0 N–H and O–H groups in total. The molecule has 0 aliphatic carbocycles. The van der Waals surface area contributed by atoms with Gasteiger partial charge in [0.15, 0.2) is 0 Å². The summed E-state index contributed by atoms with van der Waals surface area (Å²) in [5.74, 6) is 0. The van der Waals surface area contributed by atoms with E-state index in [0.29, 0.717) is 0 Å². The Kier molecular flexibility index (Phi) is 4.20. The molecule has 0 atom stereocenters. The molecule has 0 fully saturated rings. The summed E-state index contributed by atoms with van der Waals surface area (Å²) in [5, 5.41) is 0. The summed E-state index contributed by atoms with van der Waals surface area (Å²) >= 11 is 0.391. The molecule has 0 bridgehead atoms. The van der Waals surface area contributed by atoms with Crippen LogP contribution in [0, 0.1) is 2.52 Å². The van der Waals surface area contributed by atoms with E-state index in [1.807, 2.05) is 0 Å². The molecule has 1 heterocycles. The molecule has 2 rings (SSSR count). The van der Waals surface area contributed by atoms with Gasteiger partial charge in [0, 0.05) is 0 Å². The Balaban J connectivity index is 0.000000500. The van der Waals surface area contributed by atoms with Gasteiger partial charge in [-0.2, -0.15) is 0 Å². The van der Waals surface area contributed by atoms with E-state index in [0.717, 1.165) is 0 Å². The minimum atomic E-state index is 0. The molecule has 10 heavy (non-hydrogen) atoms. The van der Waals surface area contributed by atoms with Crippen molar-refractivity contribution in [2.75, 3.05) is 0 Å². The zero-order valence-corrected chi connectivity index (χ0v) is 10.4. The van der Waals surface area contributed by atoms with Crippen LogP contribution in [-0.2, 0) is 0 Å². The quantitative estimate of drug-likeness (QED) is 0.336. The van der Waals surface area contributed by atoms with Crippen LogP contribution in [0.3, 0.4) is 0 Å². The van der Waals surface area contributed by atoms with Crippen LogP contribution < -0.4 is 26.1 Å². The van der Waals surface area contributed by atoms with E-state index >= 15 is 0 Å². The second kappa shape index (κ2) is 4.43. The van der Waals surface area contributed by atoms with Crippen LogP contribution in [0.2, 0.25) is 0 Å². The summed E-state index contributed by atoms with van der Waals surface area (Å²) in [6.45, 7) is 0. The van der Waals surface area contributed by atoms with E-state index in [9.17, 15) is 0 Å². The van der Waals surface area contributed by atoms with E-state index < -0.39 is 0 Å². The molecular weight excluding hydrogens is 346 g/mol. The van der Waals surface area contributed by atoms with Crippen molar-refractivity contribution in [3.63, 3.8) is 0 Å². The van der Waals surface area contributed by atoms with Gasteiger partial charge in [-0.15, -0.1) is 0 Å². The third kappa shape index (κ3) is 1.96. The first kappa shape index (κ1) is 9.48. The van der Waals surface area contributed by atoms with E-state index in [2.05, 4.69) is 26.8 Å². The third-order valence-corrected chi connectivity index (χ3v) is 10.2. The first-order valence-corrected chi connectivity index (χ1v) is 7.73. The molecule has 0 unspecified atom stereocenters. The van der Waals surface area contributed by atoms with Gasteiger partial charge in [-0.05, 0) is 0 Å². The molecule has 46 valence electrons. The fourth-order valence-corrected chi connectivity index (χ4v) is 10.2. The predicted octanol–water partition coefficient (Wildman–Crippen LogP) is -3.52. The summed E-state index contributed by atoms with van der Waals surface area (Å²) in [7, 11) is 0. The first-order valence-electron chi connectivity index (χ1n) is 2.71. The van der Waals surface area contributed by atoms with E-state index in [4.69, 9.17) is 0 Å². The van der Waals surface area contributed by atoms with Crippen molar-refractivity contribution in [1.82, 2.24) is 0 Å². The second-order valence-electron chi connectivity index (χ2n) is 1.78. The molecule has 1 aliphatic rings. The number of hydrogen-bond donors (Lipinski definition) is 0. The molecule has 0 nitrogen and oxygen atoms in total. The van der Waals surface area contributed by atoms with Crippen LogP contribution in [0.5, 0.6) is 0 Å². The number of rotatable bonds is 0. The van der Waals surface area contributed by atoms with Gasteiger partial charge in [0.1, 0.15) is 0 Å². The van der Waals surface area contributed by atoms with Crippen molar-refractivity contribution in [3.05, 3.63) is 26.8 Å². The van der Waals surface area contributed by atoms with Crippen molar-refractivity contribution in [2.45, 2.75) is 0 Å². The molecule has 3 heteroatoms. The Morgan fingerprint density at radius 3 is 2.00 bits per heavy atom. The van der Waals surface area contributed by atoms with Crippen molar-refractivity contribution < 1.29 is 18.9 Å². The average Bonchev–Trinajstić information content (AvgIpc) is 2.33. The Hall–Kier alpha value is 1.40. The third-order valence-electron chi connectivity index (χ3n) is 1.20. The van der Waals surface area contributed by atoms with E-state index in [-0.39, 0.29) is 60.7 Å². The van der Waals surface area contributed by atoms with Gasteiger partial charge in [0.2, 0.25) is 0 Å². The zero-order chi connectivity index (χ0) is 6.10. The van der Waals surface area contributed by atoms with Gasteiger partial charge < -0.3 is 0 Å². The zero-order valence-electron chi connectivity index (χ0n) is 5.70. The molecule has 0 spiro atoms. The van der Waals surface area contributed by atoms with E-state index in [1.165, 1.54) is 0 Å². The molecule has 0 aromatic heterocycles. The molecule has 0 radical (unpaired) electrons. The van der Waals surface area contributed by atoms with Gasteiger partial charge in [-0.3, -0.25) is 0 Å². The fraction of sp³-hybridized carbons (Fsp3) is 0. The van der Waals surface area contributed by atoms with Crippen LogP contribution in [0.1, 0.15) is 0 Å². The van der Waals surface area contributed by atoms with Crippen LogP contribution in [0.25, 0.3) is 0 Å². The van der Waals surface area contributed by atoms with Crippen LogP contribution >= 0.6 is 0 Å². The molecule has 0 saturated heterocycles. The van der Waals surface area contributed by atoms with Crippen LogP contribution in [-0.4, -0.2) is 41.8 Å². The summed E-state index contributed by atoms with van der Waals surface area (Å²) in [6.07, 6.45) is 0. The van der Waals surface area contributed by atoms with Gasteiger partial charge >= 0.3 is 94.7 Å². The molecule has 1 aromatic carbocycles. The number of benzene rings is 1. The second-order valence-corrected chi connectivity index (χ2v) is 9.87. The molecular formula is C7H5LiTe2. The average molecular weight is 351 g/mol. The molecule has 1 aliphatic heterocycles. The molecule has 1 aromatic rings. The van der Waals surface area contributed by atoms with Crippen LogP contribution in [0.4, 0.5) is 0 Å². The fourth-order valence-electron chi connectivity index (χ4n) is 0.773. The van der Waals surface area contributed by atoms with Crippen molar-refractivity contribution in [2.24, 2.45) is 0 Å². The maximum atomic E-state index is 2.58. The first-order chi connectivity index (χ1) is 4.47. The Morgan fingerprint density at radius 1 is 1.00 bits per heavy atom. The van der Waals surface area contributed by atoms with Gasteiger partial charge in [-0.1, -0.05) is 0 Å². The van der Waals surface area contributed by atoms with Gasteiger partial charge in [0.05, 0.1) is 0 Å². The van der Waals surface area contributed by atoms with Crippen molar-refractivity contribution >= 4 is 49.1 Å². The summed E-state index contributed by atoms with van der Waals surface area (Å²) in [5.41, 5.74) is 0. The Morgan fingerprint density at radius 2 is 1.50 bits per heavy atom. The Labute approximate surface area is 93.5 Å². The summed E-state index contributed by atoms with van der Waals surface area (Å²) in [4.78, 5) is 0. The summed E-state index contributed by atoms with van der Waals surface area (Å²) < 4.78 is 5.98. The Bertz CT molecular complexity index is 202. The SMILES string of the molecule is [Li+].c1ccc2c(c1)[Te][CH-][Te]2. The van der Waals surface area contributed by atoms with Gasteiger partial charge in [0.25, 0.3) is 0 Å². The van der Waals surface area contributed by atoms with E-state index in [1.54, 1.807) is 7.22 Å². The summed E-state index contributed by atoms with van der Waals surface area (Å²) in [6, 6.07) is 8.92. The van der Waals surface area contributed by atoms with Crippen molar-refractivity contribution in [3.8, 4) is 0 Å². The standard InChI is InChI=1S/C7H5Te2.Li/c1-2-4-7-6(3-1)8-5-9-7;/h1-5H;/q-1;+1. The predicted molar refractivity (Wildman–Crippen MR) is 41.5 cm³/mol. The number of hydrogen-bond acceptors (Lipinski definition) is 0. The monoisotopic (exact) mass is 356 g/mol.